The lowest BCUT2D eigenvalue weighted by atomic mass is 9.45. The summed E-state index contributed by atoms with van der Waals surface area (Å²) in [6.07, 6.45) is 4.08. The van der Waals surface area contributed by atoms with Crippen molar-refractivity contribution in [3.05, 3.63) is 34.9 Å². The molecule has 0 heterocycles. The fourth-order valence-electron chi connectivity index (χ4n) is 9.06. The third kappa shape index (κ3) is 4.28. The number of hydrogen-bond acceptors (Lipinski definition) is 5. The lowest BCUT2D eigenvalue weighted by Gasteiger charge is -2.62. The molecule has 0 aromatic carbocycles. The van der Waals surface area contributed by atoms with Gasteiger partial charge in [0.1, 0.15) is 12.2 Å². The number of carbonyl (C=O) groups is 1. The molecule has 2 unspecified atom stereocenters. The highest BCUT2D eigenvalue weighted by molar-refractivity contribution is 5.67. The lowest BCUT2D eigenvalue weighted by molar-refractivity contribution is -0.176. The Morgan fingerprint density at radius 1 is 1.16 bits per heavy atom. The summed E-state index contributed by atoms with van der Waals surface area (Å²) in [6, 6.07) is 0. The summed E-state index contributed by atoms with van der Waals surface area (Å²) in [5.74, 6) is 0.808. The zero-order valence-electron chi connectivity index (χ0n) is 24.3. The molecule has 5 heteroatoms. The zero-order chi connectivity index (χ0) is 27.7. The molecule has 4 aliphatic rings. The van der Waals surface area contributed by atoms with E-state index in [0.29, 0.717) is 18.3 Å². The number of fused-ring (bicyclic) bond motifs is 4. The van der Waals surface area contributed by atoms with Crippen molar-refractivity contribution in [2.24, 2.45) is 39.9 Å². The molecule has 5 nitrogen and oxygen atoms in total. The van der Waals surface area contributed by atoms with E-state index in [0.717, 1.165) is 37.7 Å². The molecule has 0 spiro atoms. The average molecular weight is 515 g/mol. The molecule has 37 heavy (non-hydrogen) atoms. The highest BCUT2D eigenvalue weighted by Crippen LogP contribution is 2.67. The van der Waals surface area contributed by atoms with Gasteiger partial charge in [-0.05, 0) is 89.7 Å². The SMILES string of the molecule is C=C(CC[C@@H](C)[C@H]1CC=C2C3=C([C@@H](O)[C@H](OC(C)=O)C21C)C1(C)C[C@@H](O)[C@H](O)C(C)(C)[C@@H]1CC3)C(C)C. The molecular formula is C32H50O5. The molecular weight excluding hydrogens is 464 g/mol. The zero-order valence-corrected chi connectivity index (χ0v) is 24.3. The molecule has 1 saturated carbocycles. The van der Waals surface area contributed by atoms with Crippen molar-refractivity contribution in [3.8, 4) is 0 Å². The van der Waals surface area contributed by atoms with Crippen molar-refractivity contribution in [2.45, 2.75) is 118 Å². The van der Waals surface area contributed by atoms with Gasteiger partial charge >= 0.3 is 5.97 Å². The minimum absolute atomic E-state index is 0.105. The van der Waals surface area contributed by atoms with Crippen LogP contribution in [0, 0.1) is 39.9 Å². The molecule has 0 aliphatic heterocycles. The van der Waals surface area contributed by atoms with E-state index in [-0.39, 0.29) is 17.8 Å². The van der Waals surface area contributed by atoms with Crippen LogP contribution >= 0.6 is 0 Å². The lowest BCUT2D eigenvalue weighted by Crippen LogP contribution is -2.62. The van der Waals surface area contributed by atoms with E-state index in [1.807, 2.05) is 13.8 Å². The van der Waals surface area contributed by atoms with Crippen molar-refractivity contribution in [1.29, 1.82) is 0 Å². The van der Waals surface area contributed by atoms with E-state index in [9.17, 15) is 20.1 Å². The fraction of sp³-hybridized carbons (Fsp3) is 0.781. The van der Waals surface area contributed by atoms with Crippen LogP contribution in [0.5, 0.6) is 0 Å². The number of esters is 1. The van der Waals surface area contributed by atoms with E-state index in [1.54, 1.807) is 0 Å². The molecule has 4 aliphatic carbocycles. The highest BCUT2D eigenvalue weighted by atomic mass is 16.6. The maximum absolute atomic E-state index is 12.4. The Labute approximate surface area is 224 Å². The van der Waals surface area contributed by atoms with Gasteiger partial charge < -0.3 is 20.1 Å². The predicted octanol–water partition coefficient (Wildman–Crippen LogP) is 5.74. The van der Waals surface area contributed by atoms with Gasteiger partial charge in [-0.25, -0.2) is 0 Å². The van der Waals surface area contributed by atoms with Crippen LogP contribution in [0.4, 0.5) is 0 Å². The van der Waals surface area contributed by atoms with Gasteiger partial charge in [-0.15, -0.1) is 0 Å². The van der Waals surface area contributed by atoms with E-state index < -0.39 is 40.7 Å². The van der Waals surface area contributed by atoms with Crippen molar-refractivity contribution < 1.29 is 24.9 Å². The first-order chi connectivity index (χ1) is 17.1. The molecule has 0 radical (unpaired) electrons. The Morgan fingerprint density at radius 3 is 2.41 bits per heavy atom. The van der Waals surface area contributed by atoms with Crippen LogP contribution in [-0.4, -0.2) is 45.7 Å². The largest absolute Gasteiger partial charge is 0.458 e. The third-order valence-corrected chi connectivity index (χ3v) is 11.2. The van der Waals surface area contributed by atoms with E-state index in [1.165, 1.54) is 23.6 Å². The van der Waals surface area contributed by atoms with E-state index >= 15 is 0 Å². The molecule has 4 rings (SSSR count). The van der Waals surface area contributed by atoms with Crippen LogP contribution in [-0.2, 0) is 9.53 Å². The van der Waals surface area contributed by atoms with Crippen LogP contribution in [0.1, 0.15) is 93.9 Å². The van der Waals surface area contributed by atoms with Gasteiger partial charge in [0, 0.05) is 12.3 Å². The molecule has 208 valence electrons. The van der Waals surface area contributed by atoms with Gasteiger partial charge in [-0.1, -0.05) is 66.7 Å². The van der Waals surface area contributed by atoms with Gasteiger partial charge in [0.05, 0.1) is 12.2 Å². The second-order valence-corrected chi connectivity index (χ2v) is 14.0. The highest BCUT2D eigenvalue weighted by Gasteiger charge is 2.64. The van der Waals surface area contributed by atoms with E-state index in [2.05, 4.69) is 47.3 Å². The first kappa shape index (κ1) is 28.6. The van der Waals surface area contributed by atoms with Crippen molar-refractivity contribution >= 4 is 5.97 Å². The Hall–Kier alpha value is -1.43. The van der Waals surface area contributed by atoms with E-state index in [4.69, 9.17) is 4.74 Å². The summed E-state index contributed by atoms with van der Waals surface area (Å²) in [5, 5.41) is 33.9. The quantitative estimate of drug-likeness (QED) is 0.311. The Bertz CT molecular complexity index is 1000. The van der Waals surface area contributed by atoms with Gasteiger partial charge in [0.15, 0.2) is 0 Å². The molecule has 1 fully saturated rings. The van der Waals surface area contributed by atoms with Crippen LogP contribution < -0.4 is 0 Å². The monoisotopic (exact) mass is 514 g/mol. The van der Waals surface area contributed by atoms with Crippen LogP contribution in [0.3, 0.4) is 0 Å². The second-order valence-electron chi connectivity index (χ2n) is 14.0. The van der Waals surface area contributed by atoms with Crippen molar-refractivity contribution in [2.75, 3.05) is 0 Å². The number of allylic oxidation sites excluding steroid dienone is 3. The normalized spacial score (nSPS) is 41.5. The number of hydrogen-bond donors (Lipinski definition) is 3. The van der Waals surface area contributed by atoms with Crippen LogP contribution in [0.2, 0.25) is 0 Å². The summed E-state index contributed by atoms with van der Waals surface area (Å²) >= 11 is 0. The topological polar surface area (TPSA) is 87.0 Å². The molecule has 0 bridgehead atoms. The van der Waals surface area contributed by atoms with Crippen LogP contribution in [0.15, 0.2) is 34.9 Å². The Balaban J connectivity index is 1.78. The Kier molecular flexibility index (Phi) is 7.45. The second kappa shape index (κ2) is 9.64. The molecule has 9 atom stereocenters. The number of carbonyl (C=O) groups excluding carboxylic acids is 1. The number of aliphatic hydroxyl groups excluding tert-OH is 3. The summed E-state index contributed by atoms with van der Waals surface area (Å²) < 4.78 is 6.04. The smallest absolute Gasteiger partial charge is 0.303 e. The van der Waals surface area contributed by atoms with Crippen LogP contribution in [0.25, 0.3) is 0 Å². The summed E-state index contributed by atoms with van der Waals surface area (Å²) in [5.41, 5.74) is 3.17. The standard InChI is InChI=1S/C32H50O5/c1-17(2)18(3)10-11-19(4)22-13-14-23-21-12-15-25-30(6,7)28(36)24(34)16-31(25,8)26(21)27(35)29(32(22,23)9)37-20(5)33/h14,17,19,22,24-25,27-29,34-36H,3,10-13,15-16H2,1-2,4-9H3/t19-,22-,24-,25+,27-,28+,29+,31?,32?/m1/s1. The molecule has 0 aromatic heterocycles. The minimum atomic E-state index is -0.939. The predicted molar refractivity (Wildman–Crippen MR) is 147 cm³/mol. The fourth-order valence-corrected chi connectivity index (χ4v) is 9.06. The van der Waals surface area contributed by atoms with Crippen molar-refractivity contribution in [3.63, 3.8) is 0 Å². The van der Waals surface area contributed by atoms with Gasteiger partial charge in [-0.2, -0.15) is 0 Å². The summed E-state index contributed by atoms with van der Waals surface area (Å²) in [4.78, 5) is 12.4. The number of aliphatic hydroxyl groups is 3. The minimum Gasteiger partial charge on any atom is -0.458 e. The summed E-state index contributed by atoms with van der Waals surface area (Å²) in [7, 11) is 0. The molecule has 0 amide bonds. The van der Waals surface area contributed by atoms with Gasteiger partial charge in [0.2, 0.25) is 0 Å². The maximum Gasteiger partial charge on any atom is 0.303 e. The van der Waals surface area contributed by atoms with Crippen molar-refractivity contribution in [1.82, 2.24) is 0 Å². The summed E-state index contributed by atoms with van der Waals surface area (Å²) in [6.45, 7) is 20.8. The third-order valence-electron chi connectivity index (χ3n) is 11.2. The first-order valence-electron chi connectivity index (χ1n) is 14.4. The average Bonchev–Trinajstić information content (AvgIpc) is 3.15. The van der Waals surface area contributed by atoms with Gasteiger partial charge in [0.25, 0.3) is 0 Å². The maximum atomic E-state index is 12.4. The Morgan fingerprint density at radius 2 is 1.81 bits per heavy atom. The molecule has 0 saturated heterocycles. The number of ether oxygens (including phenoxy) is 1. The van der Waals surface area contributed by atoms with Gasteiger partial charge in [-0.3, -0.25) is 4.79 Å². The molecule has 3 N–H and O–H groups in total. The molecule has 0 aromatic rings. The first-order valence-corrected chi connectivity index (χ1v) is 14.4. The number of rotatable bonds is 6.